The van der Waals surface area contributed by atoms with E-state index in [1.807, 2.05) is 30.3 Å². The molecule has 3 rings (SSSR count). The lowest BCUT2D eigenvalue weighted by atomic mass is 10.1. The molecule has 0 radical (unpaired) electrons. The summed E-state index contributed by atoms with van der Waals surface area (Å²) in [4.78, 5) is 35.8. The lowest BCUT2D eigenvalue weighted by molar-refractivity contribution is -0.385. The Labute approximate surface area is 195 Å². The van der Waals surface area contributed by atoms with Crippen LogP contribution in [0.2, 0.25) is 0 Å². The molecular formula is C24H22N2O8. The van der Waals surface area contributed by atoms with Crippen LogP contribution in [0.15, 0.2) is 66.7 Å². The van der Waals surface area contributed by atoms with E-state index in [1.165, 1.54) is 21.1 Å². The van der Waals surface area contributed by atoms with Crippen LogP contribution in [0, 0.1) is 10.1 Å². The summed E-state index contributed by atoms with van der Waals surface area (Å²) in [7, 11) is 2.64. The molecule has 10 nitrogen and oxygen atoms in total. The normalized spacial score (nSPS) is 11.1. The monoisotopic (exact) mass is 466 g/mol. The van der Waals surface area contributed by atoms with E-state index in [4.69, 9.17) is 18.9 Å². The van der Waals surface area contributed by atoms with Gasteiger partial charge >= 0.3 is 5.97 Å². The molecular weight excluding hydrogens is 444 g/mol. The molecule has 0 saturated heterocycles. The summed E-state index contributed by atoms with van der Waals surface area (Å²) in [5.41, 5.74) is -0.459. The van der Waals surface area contributed by atoms with E-state index >= 15 is 0 Å². The number of rotatable bonds is 9. The minimum Gasteiger partial charge on any atom is -0.493 e. The van der Waals surface area contributed by atoms with Gasteiger partial charge in [-0.25, -0.2) is 4.79 Å². The molecule has 34 heavy (non-hydrogen) atoms. The highest BCUT2D eigenvalue weighted by atomic mass is 16.6. The van der Waals surface area contributed by atoms with Gasteiger partial charge in [0.1, 0.15) is 17.1 Å². The van der Waals surface area contributed by atoms with E-state index in [2.05, 4.69) is 5.32 Å². The Kier molecular flexibility index (Phi) is 7.65. The van der Waals surface area contributed by atoms with Crippen molar-refractivity contribution in [1.82, 2.24) is 0 Å². The molecule has 3 aromatic rings. The first kappa shape index (κ1) is 24.1. The van der Waals surface area contributed by atoms with Gasteiger partial charge in [-0.2, -0.15) is 0 Å². The highest BCUT2D eigenvalue weighted by Crippen LogP contribution is 2.35. The zero-order chi connectivity index (χ0) is 24.7. The molecule has 10 heteroatoms. The predicted octanol–water partition coefficient (Wildman–Crippen LogP) is 4.59. The molecule has 0 unspecified atom stereocenters. The maximum Gasteiger partial charge on any atom is 0.346 e. The smallest absolute Gasteiger partial charge is 0.346 e. The van der Waals surface area contributed by atoms with Gasteiger partial charge in [0.2, 0.25) is 0 Å². The van der Waals surface area contributed by atoms with Crippen molar-refractivity contribution >= 4 is 23.3 Å². The Morgan fingerprint density at radius 3 is 2.09 bits per heavy atom. The summed E-state index contributed by atoms with van der Waals surface area (Å²) in [6.07, 6.45) is -1.24. The van der Waals surface area contributed by atoms with E-state index < -0.39 is 28.6 Å². The first-order valence-corrected chi connectivity index (χ1v) is 10.1. The number of methoxy groups -OCH3 is 2. The molecule has 1 amide bonds. The van der Waals surface area contributed by atoms with Gasteiger partial charge in [-0.1, -0.05) is 18.2 Å². The Hall–Kier alpha value is -4.60. The summed E-state index contributed by atoms with van der Waals surface area (Å²) < 4.78 is 21.0. The quantitative estimate of drug-likeness (QED) is 0.276. The molecule has 0 heterocycles. The van der Waals surface area contributed by atoms with Crippen molar-refractivity contribution < 1.29 is 33.5 Å². The van der Waals surface area contributed by atoms with Gasteiger partial charge in [0.15, 0.2) is 17.6 Å². The number of nitrogens with zero attached hydrogens (tertiary/aromatic N) is 1. The minimum absolute atomic E-state index is 0.0798. The third-order valence-electron chi connectivity index (χ3n) is 4.67. The van der Waals surface area contributed by atoms with Crippen LogP contribution in [0.25, 0.3) is 0 Å². The maximum absolute atomic E-state index is 12.6. The second-order valence-corrected chi connectivity index (χ2v) is 6.96. The number of anilines is 1. The highest BCUT2D eigenvalue weighted by Gasteiger charge is 2.28. The minimum atomic E-state index is -1.24. The topological polar surface area (TPSA) is 126 Å². The van der Waals surface area contributed by atoms with Gasteiger partial charge in [-0.15, -0.1) is 0 Å². The van der Waals surface area contributed by atoms with Crippen LogP contribution in [0.4, 0.5) is 11.4 Å². The number of ether oxygens (including phenoxy) is 4. The fourth-order valence-electron chi connectivity index (χ4n) is 2.94. The van der Waals surface area contributed by atoms with Crippen LogP contribution in [0.3, 0.4) is 0 Å². The molecule has 0 aliphatic rings. The summed E-state index contributed by atoms with van der Waals surface area (Å²) in [5.74, 6) is -0.241. The molecule has 0 aliphatic heterocycles. The van der Waals surface area contributed by atoms with Crippen LogP contribution in [0.1, 0.15) is 17.3 Å². The van der Waals surface area contributed by atoms with Crippen LogP contribution in [-0.4, -0.2) is 37.1 Å². The van der Waals surface area contributed by atoms with Crippen molar-refractivity contribution in [3.63, 3.8) is 0 Å². The lowest BCUT2D eigenvalue weighted by Crippen LogP contribution is -2.30. The Bertz CT molecular complexity index is 1180. The summed E-state index contributed by atoms with van der Waals surface area (Å²) in [6, 6.07) is 18.0. The van der Waals surface area contributed by atoms with Crippen LogP contribution in [-0.2, 0) is 9.53 Å². The van der Waals surface area contributed by atoms with Gasteiger partial charge in [0.05, 0.1) is 25.2 Å². The number of nitro groups is 1. The fraction of sp³-hybridized carbons (Fsp3) is 0.167. The standard InChI is InChI=1S/C24H22N2O8/c1-15(33-24(28)19-13-21(31-2)22(32-3)14-20(19)26(29)30)23(27)25-16-9-11-18(12-10-16)34-17-7-5-4-6-8-17/h4-15H,1-3H3,(H,25,27)/t15-/m0/s1. The van der Waals surface area contributed by atoms with Crippen LogP contribution in [0.5, 0.6) is 23.0 Å². The number of esters is 1. The summed E-state index contributed by atoms with van der Waals surface area (Å²) in [6.45, 7) is 1.35. The fourth-order valence-corrected chi connectivity index (χ4v) is 2.94. The number of carbonyl (C=O) groups excluding carboxylic acids is 2. The van der Waals surface area contributed by atoms with Crippen molar-refractivity contribution in [2.75, 3.05) is 19.5 Å². The zero-order valence-corrected chi connectivity index (χ0v) is 18.6. The van der Waals surface area contributed by atoms with Crippen LogP contribution < -0.4 is 19.5 Å². The van der Waals surface area contributed by atoms with E-state index in [-0.39, 0.29) is 17.1 Å². The Morgan fingerprint density at radius 2 is 1.50 bits per heavy atom. The second kappa shape index (κ2) is 10.8. The molecule has 176 valence electrons. The second-order valence-electron chi connectivity index (χ2n) is 6.96. The van der Waals surface area contributed by atoms with Gasteiger partial charge in [0.25, 0.3) is 11.6 Å². The molecule has 0 spiro atoms. The molecule has 3 aromatic carbocycles. The average Bonchev–Trinajstić information content (AvgIpc) is 2.84. The van der Waals surface area contributed by atoms with Crippen molar-refractivity contribution in [2.45, 2.75) is 13.0 Å². The van der Waals surface area contributed by atoms with Crippen LogP contribution >= 0.6 is 0 Å². The molecule has 1 atom stereocenters. The van der Waals surface area contributed by atoms with E-state index in [1.54, 1.807) is 24.3 Å². The number of amides is 1. The van der Waals surface area contributed by atoms with Crippen molar-refractivity contribution in [1.29, 1.82) is 0 Å². The predicted molar refractivity (Wildman–Crippen MR) is 123 cm³/mol. The number of nitro benzene ring substituents is 1. The third kappa shape index (κ3) is 5.80. The van der Waals surface area contributed by atoms with E-state index in [0.717, 1.165) is 12.1 Å². The summed E-state index contributed by atoms with van der Waals surface area (Å²) in [5, 5.41) is 14.0. The molecule has 0 bridgehead atoms. The Balaban J connectivity index is 1.66. The number of hydrogen-bond acceptors (Lipinski definition) is 8. The first-order chi connectivity index (χ1) is 16.3. The molecule has 0 fully saturated rings. The molecule has 0 aromatic heterocycles. The highest BCUT2D eigenvalue weighted by molar-refractivity contribution is 5.99. The van der Waals surface area contributed by atoms with Crippen molar-refractivity contribution in [3.05, 3.63) is 82.4 Å². The van der Waals surface area contributed by atoms with E-state index in [0.29, 0.717) is 17.2 Å². The number of benzene rings is 3. The maximum atomic E-state index is 12.6. The molecule has 1 N–H and O–H groups in total. The van der Waals surface area contributed by atoms with Crippen molar-refractivity contribution in [3.8, 4) is 23.0 Å². The molecule has 0 saturated carbocycles. The first-order valence-electron chi connectivity index (χ1n) is 10.1. The summed E-state index contributed by atoms with van der Waals surface area (Å²) >= 11 is 0. The van der Waals surface area contributed by atoms with Gasteiger partial charge < -0.3 is 24.3 Å². The SMILES string of the molecule is COc1cc(C(=O)O[C@@H](C)C(=O)Nc2ccc(Oc3ccccc3)cc2)c([N+](=O)[O-])cc1OC. The van der Waals surface area contributed by atoms with Crippen molar-refractivity contribution in [2.24, 2.45) is 0 Å². The third-order valence-corrected chi connectivity index (χ3v) is 4.67. The van der Waals surface area contributed by atoms with Gasteiger partial charge in [-0.3, -0.25) is 14.9 Å². The largest absolute Gasteiger partial charge is 0.493 e. The number of carbonyl (C=O) groups is 2. The van der Waals surface area contributed by atoms with E-state index in [9.17, 15) is 19.7 Å². The molecule has 0 aliphatic carbocycles. The average molecular weight is 466 g/mol. The number of nitrogens with one attached hydrogen (secondary N) is 1. The number of para-hydroxylation sites is 1. The Morgan fingerprint density at radius 1 is 0.912 bits per heavy atom. The lowest BCUT2D eigenvalue weighted by Gasteiger charge is -2.15. The zero-order valence-electron chi connectivity index (χ0n) is 18.6. The van der Waals surface area contributed by atoms with Gasteiger partial charge in [-0.05, 0) is 43.3 Å². The van der Waals surface area contributed by atoms with Gasteiger partial charge in [0, 0.05) is 11.8 Å². The number of hydrogen-bond donors (Lipinski definition) is 1.